The number of piperazine rings is 1. The lowest BCUT2D eigenvalue weighted by molar-refractivity contribution is -0.364. The van der Waals surface area contributed by atoms with Crippen molar-refractivity contribution in [2.45, 2.75) is 0 Å². The van der Waals surface area contributed by atoms with Crippen LogP contribution in [0.15, 0.2) is 42.6 Å². The second-order valence-corrected chi connectivity index (χ2v) is 6.35. The van der Waals surface area contributed by atoms with Crippen LogP contribution in [0.25, 0.3) is 6.08 Å². The molecular weight excluding hydrogens is 358 g/mol. The van der Waals surface area contributed by atoms with Gasteiger partial charge in [0.25, 0.3) is 5.82 Å². The molecule has 1 N–H and O–H groups in total. The SMILES string of the molecule is COc1cc(/C=C/C(=O)N2CCN(c3cccc[nH+]3)CC2)cc(OC)c1OC. The third-order valence-electron chi connectivity index (χ3n) is 4.73. The summed E-state index contributed by atoms with van der Waals surface area (Å²) in [5.74, 6) is 2.71. The normalized spacial score (nSPS) is 14.2. The highest BCUT2D eigenvalue weighted by Gasteiger charge is 2.25. The van der Waals surface area contributed by atoms with Crippen molar-refractivity contribution < 1.29 is 24.0 Å². The van der Waals surface area contributed by atoms with Gasteiger partial charge < -0.3 is 19.1 Å². The van der Waals surface area contributed by atoms with E-state index in [9.17, 15) is 4.79 Å². The fraction of sp³-hybridized carbons (Fsp3) is 0.333. The van der Waals surface area contributed by atoms with Crippen LogP contribution in [0.5, 0.6) is 17.2 Å². The first-order valence-electron chi connectivity index (χ1n) is 9.15. The van der Waals surface area contributed by atoms with Gasteiger partial charge in [-0.1, -0.05) is 6.07 Å². The number of H-pyrrole nitrogens is 1. The molecule has 2 aromatic rings. The Bertz CT molecular complexity index is 806. The van der Waals surface area contributed by atoms with Gasteiger partial charge in [0.15, 0.2) is 11.5 Å². The van der Waals surface area contributed by atoms with Crippen molar-refractivity contribution in [2.24, 2.45) is 0 Å². The molecule has 28 heavy (non-hydrogen) atoms. The van der Waals surface area contributed by atoms with E-state index in [1.165, 1.54) is 0 Å². The molecule has 2 heterocycles. The van der Waals surface area contributed by atoms with Gasteiger partial charge in [0.05, 0.1) is 40.6 Å². The number of methoxy groups -OCH3 is 3. The minimum absolute atomic E-state index is 0.00885. The molecule has 7 nitrogen and oxygen atoms in total. The molecule has 1 amide bonds. The predicted molar refractivity (Wildman–Crippen MR) is 107 cm³/mol. The highest BCUT2D eigenvalue weighted by atomic mass is 16.5. The number of benzene rings is 1. The summed E-state index contributed by atoms with van der Waals surface area (Å²) >= 11 is 0. The van der Waals surface area contributed by atoms with Crippen LogP contribution in [0.1, 0.15) is 5.56 Å². The first-order chi connectivity index (χ1) is 13.7. The Labute approximate surface area is 165 Å². The van der Waals surface area contributed by atoms with Crippen molar-refractivity contribution in [1.82, 2.24) is 4.90 Å². The van der Waals surface area contributed by atoms with Crippen LogP contribution in [0, 0.1) is 0 Å². The van der Waals surface area contributed by atoms with Crippen molar-refractivity contribution in [2.75, 3.05) is 52.4 Å². The fourth-order valence-electron chi connectivity index (χ4n) is 3.22. The Hall–Kier alpha value is -3.22. The molecule has 148 valence electrons. The molecule has 1 aliphatic rings. The Morgan fingerprint density at radius 2 is 1.68 bits per heavy atom. The smallest absolute Gasteiger partial charge is 0.274 e. The Balaban J connectivity index is 1.64. The molecule has 0 spiro atoms. The second kappa shape index (κ2) is 9.12. The molecule has 7 heteroatoms. The lowest BCUT2D eigenvalue weighted by atomic mass is 10.1. The van der Waals surface area contributed by atoms with Gasteiger partial charge in [-0.3, -0.25) is 9.69 Å². The maximum absolute atomic E-state index is 12.6. The number of hydrogen-bond donors (Lipinski definition) is 0. The standard InChI is InChI=1S/C21H25N3O4/c1-26-17-14-16(15-18(27-2)21(17)28-3)7-8-20(25)24-12-10-23(11-13-24)19-6-4-5-9-22-19/h4-9,14-15H,10-13H2,1-3H3/p+1/b8-7+. The maximum Gasteiger partial charge on any atom is 0.274 e. The molecule has 1 saturated heterocycles. The molecule has 1 aromatic heterocycles. The van der Waals surface area contributed by atoms with Crippen molar-refractivity contribution in [3.05, 3.63) is 48.2 Å². The first kappa shape index (κ1) is 19.5. The topological polar surface area (TPSA) is 65.4 Å². The van der Waals surface area contributed by atoms with E-state index >= 15 is 0 Å². The van der Waals surface area contributed by atoms with Gasteiger partial charge in [-0.15, -0.1) is 0 Å². The average Bonchev–Trinajstić information content (AvgIpc) is 2.77. The van der Waals surface area contributed by atoms with Crippen LogP contribution in [-0.4, -0.2) is 58.3 Å². The summed E-state index contributed by atoms with van der Waals surface area (Å²) in [6, 6.07) is 9.63. The van der Waals surface area contributed by atoms with Crippen LogP contribution >= 0.6 is 0 Å². The van der Waals surface area contributed by atoms with Gasteiger partial charge >= 0.3 is 0 Å². The third kappa shape index (κ3) is 4.36. The first-order valence-corrected chi connectivity index (χ1v) is 9.15. The van der Waals surface area contributed by atoms with Gasteiger partial charge in [-0.25, -0.2) is 4.98 Å². The molecule has 0 saturated carbocycles. The number of carbonyl (C=O) groups is 1. The zero-order valence-electron chi connectivity index (χ0n) is 16.5. The summed E-state index contributed by atoms with van der Waals surface area (Å²) in [6.07, 6.45) is 5.27. The van der Waals surface area contributed by atoms with E-state index in [0.29, 0.717) is 30.3 Å². The number of rotatable bonds is 6. The summed E-state index contributed by atoms with van der Waals surface area (Å²) in [5, 5.41) is 0. The third-order valence-corrected chi connectivity index (χ3v) is 4.73. The van der Waals surface area contributed by atoms with Crippen molar-refractivity contribution >= 4 is 17.8 Å². The monoisotopic (exact) mass is 384 g/mol. The molecule has 0 unspecified atom stereocenters. The molecule has 0 radical (unpaired) electrons. The number of nitrogens with zero attached hydrogens (tertiary/aromatic N) is 2. The largest absolute Gasteiger partial charge is 0.493 e. The van der Waals surface area contributed by atoms with Crippen LogP contribution in [-0.2, 0) is 4.79 Å². The van der Waals surface area contributed by atoms with Gasteiger partial charge in [-0.05, 0) is 29.8 Å². The summed E-state index contributed by atoms with van der Waals surface area (Å²) in [6.45, 7) is 2.96. The predicted octanol–water partition coefficient (Wildman–Crippen LogP) is 1.89. The number of hydrogen-bond acceptors (Lipinski definition) is 5. The zero-order chi connectivity index (χ0) is 19.9. The maximum atomic E-state index is 12.6. The van der Waals surface area contributed by atoms with E-state index < -0.39 is 0 Å². The van der Waals surface area contributed by atoms with E-state index in [2.05, 4.69) is 9.88 Å². The van der Waals surface area contributed by atoms with Crippen LogP contribution in [0.2, 0.25) is 0 Å². The molecular formula is C21H26N3O4+. The number of carbonyl (C=O) groups excluding carboxylic acids is 1. The molecule has 0 atom stereocenters. The Morgan fingerprint density at radius 3 is 2.21 bits per heavy atom. The lowest BCUT2D eigenvalue weighted by Gasteiger charge is -2.30. The van der Waals surface area contributed by atoms with Gasteiger partial charge in [0.1, 0.15) is 13.1 Å². The quantitative estimate of drug-likeness (QED) is 0.712. The van der Waals surface area contributed by atoms with Crippen molar-refractivity contribution in [3.8, 4) is 17.2 Å². The van der Waals surface area contributed by atoms with Crippen molar-refractivity contribution in [1.29, 1.82) is 0 Å². The fourth-order valence-corrected chi connectivity index (χ4v) is 3.22. The average molecular weight is 384 g/mol. The summed E-state index contributed by atoms with van der Waals surface area (Å²) in [7, 11) is 4.70. The highest BCUT2D eigenvalue weighted by Crippen LogP contribution is 2.38. The van der Waals surface area contributed by atoms with Gasteiger partial charge in [0.2, 0.25) is 11.7 Å². The molecule has 1 aromatic carbocycles. The van der Waals surface area contributed by atoms with E-state index in [4.69, 9.17) is 14.2 Å². The number of ether oxygens (including phenoxy) is 3. The molecule has 0 bridgehead atoms. The number of aromatic amines is 1. The number of amides is 1. The Morgan fingerprint density at radius 1 is 1.00 bits per heavy atom. The number of pyridine rings is 1. The number of anilines is 1. The molecule has 0 aliphatic carbocycles. The van der Waals surface area contributed by atoms with E-state index in [1.807, 2.05) is 41.4 Å². The summed E-state index contributed by atoms with van der Waals surface area (Å²) < 4.78 is 16.0. The Kier molecular flexibility index (Phi) is 6.37. The van der Waals surface area contributed by atoms with Crippen LogP contribution in [0.4, 0.5) is 5.82 Å². The summed E-state index contributed by atoms with van der Waals surface area (Å²) in [5.41, 5.74) is 0.806. The second-order valence-electron chi connectivity index (χ2n) is 6.35. The van der Waals surface area contributed by atoms with Crippen LogP contribution in [0.3, 0.4) is 0 Å². The minimum atomic E-state index is -0.00885. The number of aromatic nitrogens is 1. The highest BCUT2D eigenvalue weighted by molar-refractivity contribution is 5.92. The summed E-state index contributed by atoms with van der Waals surface area (Å²) in [4.78, 5) is 19.9. The number of nitrogens with one attached hydrogen (secondary N) is 1. The van der Waals surface area contributed by atoms with E-state index in [1.54, 1.807) is 33.5 Å². The molecule has 3 rings (SSSR count). The van der Waals surface area contributed by atoms with Gasteiger partial charge in [0, 0.05) is 12.1 Å². The zero-order valence-corrected chi connectivity index (χ0v) is 16.5. The van der Waals surface area contributed by atoms with Crippen LogP contribution < -0.4 is 24.1 Å². The van der Waals surface area contributed by atoms with E-state index in [0.717, 1.165) is 24.5 Å². The lowest BCUT2D eigenvalue weighted by Crippen LogP contribution is -2.49. The molecule has 1 fully saturated rings. The van der Waals surface area contributed by atoms with E-state index in [-0.39, 0.29) is 5.91 Å². The molecule has 1 aliphatic heterocycles. The minimum Gasteiger partial charge on any atom is -0.493 e. The van der Waals surface area contributed by atoms with Crippen molar-refractivity contribution in [3.63, 3.8) is 0 Å². The van der Waals surface area contributed by atoms with Gasteiger partial charge in [-0.2, -0.15) is 0 Å².